The van der Waals surface area contributed by atoms with E-state index in [4.69, 9.17) is 35.6 Å². The van der Waals surface area contributed by atoms with E-state index in [0.717, 1.165) is 44.2 Å². The van der Waals surface area contributed by atoms with Crippen molar-refractivity contribution in [1.29, 1.82) is 0 Å². The van der Waals surface area contributed by atoms with Crippen LogP contribution in [0.15, 0.2) is 48.7 Å². The molecule has 0 spiro atoms. The van der Waals surface area contributed by atoms with Crippen LogP contribution in [-0.2, 0) is 4.74 Å². The molecule has 3 fully saturated rings. The molecule has 2 unspecified atom stereocenters. The summed E-state index contributed by atoms with van der Waals surface area (Å²) in [6.07, 6.45) is 16.5. The Morgan fingerprint density at radius 2 is 1.89 bits per heavy atom. The van der Waals surface area contributed by atoms with Crippen molar-refractivity contribution in [3.05, 3.63) is 60.1 Å². The van der Waals surface area contributed by atoms with Crippen molar-refractivity contribution in [1.82, 2.24) is 25.2 Å². The number of halogens is 1. The van der Waals surface area contributed by atoms with Gasteiger partial charge < -0.3 is 24.4 Å². The lowest BCUT2D eigenvalue weighted by molar-refractivity contribution is 0.0512. The van der Waals surface area contributed by atoms with Gasteiger partial charge in [-0.1, -0.05) is 30.2 Å². The van der Waals surface area contributed by atoms with Crippen molar-refractivity contribution in [2.24, 2.45) is 0 Å². The average Bonchev–Trinajstić information content (AvgIpc) is 3.75. The molecule has 3 saturated heterocycles. The van der Waals surface area contributed by atoms with Crippen LogP contribution < -0.4 is 19.7 Å². The van der Waals surface area contributed by atoms with Gasteiger partial charge in [-0.3, -0.25) is 9.88 Å². The molecular weight excluding hydrogens is 571 g/mol. The monoisotopic (exact) mass is 606 g/mol. The molecule has 1 N–H and O–H groups in total. The second-order valence-electron chi connectivity index (χ2n) is 12.5. The van der Waals surface area contributed by atoms with E-state index < -0.39 is 5.82 Å². The number of hydrogen-bond donors (Lipinski definition) is 1. The highest BCUT2D eigenvalue weighted by Gasteiger charge is 2.45. The van der Waals surface area contributed by atoms with Gasteiger partial charge in [-0.15, -0.1) is 6.42 Å². The van der Waals surface area contributed by atoms with Gasteiger partial charge in [0.1, 0.15) is 29.4 Å². The first kappa shape index (κ1) is 28.2. The van der Waals surface area contributed by atoms with Crippen molar-refractivity contribution < 1.29 is 18.6 Å². The Kier molecular flexibility index (Phi) is 7.05. The van der Waals surface area contributed by atoms with Gasteiger partial charge in [0, 0.05) is 55.0 Å². The molecule has 2 aromatic carbocycles. The number of fused-ring (bicyclic) bond motifs is 5. The number of anilines is 1. The van der Waals surface area contributed by atoms with Crippen LogP contribution in [0.1, 0.15) is 31.2 Å². The summed E-state index contributed by atoms with van der Waals surface area (Å²) < 4.78 is 34.3. The SMILES string of the molecule is C#Cc1cccc2cc(OCOC)cc(-c3ncc4c(N5CC6C=CC(C5)N6)nc(OCC56CCCN5CCC6)nc4c3F)c12. The van der Waals surface area contributed by atoms with Gasteiger partial charge in [0.05, 0.1) is 10.9 Å². The predicted octanol–water partition coefficient (Wildman–Crippen LogP) is 4.67. The Morgan fingerprint density at radius 3 is 2.64 bits per heavy atom. The predicted molar refractivity (Wildman–Crippen MR) is 171 cm³/mol. The molecule has 45 heavy (non-hydrogen) atoms. The Bertz CT molecular complexity index is 1850. The van der Waals surface area contributed by atoms with Gasteiger partial charge in [0.15, 0.2) is 12.6 Å². The Morgan fingerprint density at radius 1 is 1.09 bits per heavy atom. The summed E-state index contributed by atoms with van der Waals surface area (Å²) in [5.74, 6) is 3.34. The first-order valence-electron chi connectivity index (χ1n) is 15.6. The fourth-order valence-corrected chi connectivity index (χ4v) is 7.70. The number of hydrogen-bond acceptors (Lipinski definition) is 9. The van der Waals surface area contributed by atoms with Crippen LogP contribution in [0.2, 0.25) is 0 Å². The van der Waals surface area contributed by atoms with Crippen LogP contribution >= 0.6 is 0 Å². The van der Waals surface area contributed by atoms with Gasteiger partial charge in [-0.25, -0.2) is 4.39 Å². The third-order valence-electron chi connectivity index (χ3n) is 9.77. The standard InChI is InChI=1S/C35H35FN6O3/c1-3-22-7-4-8-23-15-26(45-21-43-2)16-27(29(22)23)31-30(36)32-28(17-37-31)33(41-18-24-9-10-25(19-41)38-24)40-34(39-32)44-20-35-11-5-13-42(35)14-6-12-35/h1,4,7-10,15-17,24-25,38H,5-6,11-14,18-21H2,2H3. The zero-order chi connectivity index (χ0) is 30.5. The topological polar surface area (TPSA) is 84.9 Å². The van der Waals surface area contributed by atoms with Crippen molar-refractivity contribution in [3.8, 4) is 35.4 Å². The number of rotatable bonds is 8. The van der Waals surface area contributed by atoms with Gasteiger partial charge in [0.2, 0.25) is 0 Å². The average molecular weight is 607 g/mol. The van der Waals surface area contributed by atoms with Crippen LogP contribution in [0.25, 0.3) is 32.9 Å². The highest BCUT2D eigenvalue weighted by molar-refractivity contribution is 6.03. The Balaban J connectivity index is 1.27. The zero-order valence-corrected chi connectivity index (χ0v) is 25.3. The molecule has 6 heterocycles. The van der Waals surface area contributed by atoms with Gasteiger partial charge in [-0.2, -0.15) is 9.97 Å². The second-order valence-corrected chi connectivity index (χ2v) is 12.5. The van der Waals surface area contributed by atoms with E-state index in [1.807, 2.05) is 24.3 Å². The number of aromatic nitrogens is 3. The molecule has 0 saturated carbocycles. The molecule has 2 aromatic heterocycles. The lowest BCUT2D eigenvalue weighted by Crippen LogP contribution is -2.52. The molecule has 0 aliphatic carbocycles. The van der Waals surface area contributed by atoms with Gasteiger partial charge in [0.25, 0.3) is 0 Å². The number of terminal acetylenes is 1. The van der Waals surface area contributed by atoms with Crippen molar-refractivity contribution >= 4 is 27.5 Å². The van der Waals surface area contributed by atoms with E-state index in [9.17, 15) is 0 Å². The number of piperazine rings is 1. The van der Waals surface area contributed by atoms with E-state index in [0.29, 0.717) is 53.2 Å². The van der Waals surface area contributed by atoms with Crippen LogP contribution in [0, 0.1) is 18.2 Å². The second kappa shape index (κ2) is 11.2. The maximum Gasteiger partial charge on any atom is 0.319 e. The summed E-state index contributed by atoms with van der Waals surface area (Å²) in [6, 6.07) is 9.84. The lowest BCUT2D eigenvalue weighted by Gasteiger charge is -2.34. The maximum absolute atomic E-state index is 17.0. The van der Waals surface area contributed by atoms with Gasteiger partial charge in [-0.05, 0) is 62.4 Å². The first-order valence-corrected chi connectivity index (χ1v) is 15.6. The minimum atomic E-state index is -0.559. The third kappa shape index (κ3) is 4.86. The molecule has 2 atom stereocenters. The lowest BCUT2D eigenvalue weighted by atomic mass is 9.95. The molecule has 4 aromatic rings. The third-order valence-corrected chi connectivity index (χ3v) is 9.77. The fourth-order valence-electron chi connectivity index (χ4n) is 7.70. The number of ether oxygens (including phenoxy) is 3. The molecule has 4 aliphatic heterocycles. The van der Waals surface area contributed by atoms with Crippen LogP contribution in [0.5, 0.6) is 11.8 Å². The van der Waals surface area contributed by atoms with Crippen LogP contribution in [0.4, 0.5) is 10.2 Å². The molecule has 0 radical (unpaired) electrons. The van der Waals surface area contributed by atoms with Crippen molar-refractivity contribution in [3.63, 3.8) is 0 Å². The highest BCUT2D eigenvalue weighted by atomic mass is 19.1. The van der Waals surface area contributed by atoms with E-state index >= 15 is 4.39 Å². The van der Waals surface area contributed by atoms with Crippen molar-refractivity contribution in [2.45, 2.75) is 43.3 Å². The van der Waals surface area contributed by atoms with Crippen LogP contribution in [-0.4, -0.2) is 84.2 Å². The van der Waals surface area contributed by atoms with E-state index in [2.05, 4.69) is 33.2 Å². The summed E-state index contributed by atoms with van der Waals surface area (Å²) in [6.45, 7) is 4.12. The number of methoxy groups -OCH3 is 1. The number of nitrogens with one attached hydrogen (secondary N) is 1. The number of nitrogens with zero attached hydrogens (tertiary/aromatic N) is 5. The normalized spacial score (nSPS) is 21.8. The number of benzene rings is 2. The summed E-state index contributed by atoms with van der Waals surface area (Å²) >= 11 is 0. The Hall–Kier alpha value is -4.30. The first-order chi connectivity index (χ1) is 22.0. The summed E-state index contributed by atoms with van der Waals surface area (Å²) in [5, 5.41) is 5.63. The minimum absolute atomic E-state index is 0.00564. The fraction of sp³-hybridized carbons (Fsp3) is 0.400. The summed E-state index contributed by atoms with van der Waals surface area (Å²) in [5.41, 5.74) is 1.46. The van der Waals surface area contributed by atoms with Gasteiger partial charge >= 0.3 is 6.01 Å². The van der Waals surface area contributed by atoms with E-state index in [1.165, 1.54) is 0 Å². The molecule has 4 aliphatic rings. The van der Waals surface area contributed by atoms with E-state index in [-0.39, 0.29) is 41.6 Å². The minimum Gasteiger partial charge on any atom is -0.468 e. The Labute approximate surface area is 261 Å². The van der Waals surface area contributed by atoms with Crippen molar-refractivity contribution in [2.75, 3.05) is 51.6 Å². The van der Waals surface area contributed by atoms with Crippen LogP contribution in [0.3, 0.4) is 0 Å². The molecule has 230 valence electrons. The summed E-state index contributed by atoms with van der Waals surface area (Å²) in [7, 11) is 1.55. The number of pyridine rings is 1. The smallest absolute Gasteiger partial charge is 0.319 e. The largest absolute Gasteiger partial charge is 0.468 e. The molecule has 2 bridgehead atoms. The quantitative estimate of drug-likeness (QED) is 0.175. The zero-order valence-electron chi connectivity index (χ0n) is 25.3. The van der Waals surface area contributed by atoms with E-state index in [1.54, 1.807) is 19.4 Å². The molecule has 10 heteroatoms. The highest BCUT2D eigenvalue weighted by Crippen LogP contribution is 2.41. The molecule has 8 rings (SSSR count). The molecule has 9 nitrogen and oxygen atoms in total. The summed E-state index contributed by atoms with van der Waals surface area (Å²) in [4.78, 5) is 19.0. The maximum atomic E-state index is 17.0. The molecule has 0 amide bonds. The molecular formula is C35H35FN6O3.